The molecular weight excluding hydrogens is 378 g/mol. The summed E-state index contributed by atoms with van der Waals surface area (Å²) in [4.78, 5) is 35.3. The zero-order valence-corrected chi connectivity index (χ0v) is 16.2. The van der Waals surface area contributed by atoms with E-state index in [4.69, 9.17) is 10.2 Å². The summed E-state index contributed by atoms with van der Waals surface area (Å²) < 4.78 is 0. The summed E-state index contributed by atoms with van der Waals surface area (Å²) in [5.74, 6) is -2.51. The molecule has 1 aliphatic heterocycles. The van der Waals surface area contributed by atoms with Gasteiger partial charge in [-0.1, -0.05) is 6.08 Å². The van der Waals surface area contributed by atoms with Crippen LogP contribution in [0.1, 0.15) is 26.0 Å². The van der Waals surface area contributed by atoms with Crippen molar-refractivity contribution >= 4 is 34.1 Å². The molecule has 0 atom stereocenters. The molecule has 2 heterocycles. The predicted octanol–water partition coefficient (Wildman–Crippen LogP) is 3.29. The largest absolute Gasteiger partial charge is 0.478 e. The van der Waals surface area contributed by atoms with Crippen molar-refractivity contribution < 1.29 is 24.7 Å². The van der Waals surface area contributed by atoms with Crippen LogP contribution in [0, 0.1) is 10.1 Å². The second kappa shape index (κ2) is 9.65. The molecular formula is C20H23N3O6. The standard InChI is InChI=1S/C16H19N3O2.C4H4O4/c1-11(2)18-7-5-12(6-8-18)15-9-13-3-4-14(19(20)21)10-16(13)17-15;5-3(6)1-2-4(7)8/h3-5,9-11,17H,6-8H2,1-2H3;1-2H,(H,5,6)(H,7,8)/b;2-1-. The number of H-pyrrole nitrogens is 1. The SMILES string of the molecule is CC(C)N1CC=C(c2cc3ccc([N+](=O)[O-])cc3[nH]2)CC1.O=C(O)/C=C\C(=O)O. The number of non-ortho nitro benzene ring substituents is 1. The van der Waals surface area contributed by atoms with Gasteiger partial charge in [0.1, 0.15) is 0 Å². The molecule has 0 saturated heterocycles. The number of aromatic amines is 1. The van der Waals surface area contributed by atoms with Crippen molar-refractivity contribution in [2.45, 2.75) is 26.3 Å². The Morgan fingerprint density at radius 1 is 1.21 bits per heavy atom. The second-order valence-corrected chi connectivity index (χ2v) is 6.79. The molecule has 9 nitrogen and oxygen atoms in total. The number of nitro benzene ring substituents is 1. The van der Waals surface area contributed by atoms with Crippen LogP contribution in [0.5, 0.6) is 0 Å². The van der Waals surface area contributed by atoms with Crippen LogP contribution in [-0.2, 0) is 9.59 Å². The van der Waals surface area contributed by atoms with Crippen LogP contribution in [0.2, 0.25) is 0 Å². The third-order valence-electron chi connectivity index (χ3n) is 4.50. The van der Waals surface area contributed by atoms with E-state index in [9.17, 15) is 19.7 Å². The smallest absolute Gasteiger partial charge is 0.328 e. The van der Waals surface area contributed by atoms with Crippen molar-refractivity contribution in [3.05, 3.63) is 58.3 Å². The highest BCUT2D eigenvalue weighted by Crippen LogP contribution is 2.28. The first kappa shape index (κ1) is 21.8. The molecule has 0 aliphatic carbocycles. The summed E-state index contributed by atoms with van der Waals surface area (Å²) in [6.07, 6.45) is 4.38. The van der Waals surface area contributed by atoms with Gasteiger partial charge >= 0.3 is 11.9 Å². The Kier molecular flexibility index (Phi) is 7.27. The number of nitrogens with zero attached hydrogens (tertiary/aromatic N) is 2. The average molecular weight is 401 g/mol. The first-order valence-electron chi connectivity index (χ1n) is 9.02. The molecule has 3 N–H and O–H groups in total. The minimum Gasteiger partial charge on any atom is -0.478 e. The Balaban J connectivity index is 0.000000321. The number of benzene rings is 1. The average Bonchev–Trinajstić information content (AvgIpc) is 3.10. The van der Waals surface area contributed by atoms with Gasteiger partial charge in [-0.2, -0.15) is 0 Å². The maximum atomic E-state index is 10.8. The normalized spacial score (nSPS) is 14.5. The highest BCUT2D eigenvalue weighted by molar-refractivity contribution is 5.89. The maximum absolute atomic E-state index is 10.8. The van der Waals surface area contributed by atoms with Gasteiger partial charge in [0.05, 0.1) is 10.4 Å². The molecule has 0 spiro atoms. The number of fused-ring (bicyclic) bond motifs is 1. The topological polar surface area (TPSA) is 137 Å². The fraction of sp³-hybridized carbons (Fsp3) is 0.300. The van der Waals surface area contributed by atoms with E-state index in [1.165, 1.54) is 5.57 Å². The van der Waals surface area contributed by atoms with Gasteiger partial charge < -0.3 is 15.2 Å². The summed E-state index contributed by atoms with van der Waals surface area (Å²) in [5, 5.41) is 27.5. The molecule has 2 aromatic rings. The third kappa shape index (κ3) is 6.28. The Hall–Kier alpha value is -3.46. The number of carbonyl (C=O) groups is 2. The van der Waals surface area contributed by atoms with Crippen LogP contribution in [-0.4, -0.2) is 56.1 Å². The summed E-state index contributed by atoms with van der Waals surface area (Å²) in [6, 6.07) is 7.60. The summed E-state index contributed by atoms with van der Waals surface area (Å²) in [7, 11) is 0. The quantitative estimate of drug-likeness (QED) is 0.397. The van der Waals surface area contributed by atoms with Crippen molar-refractivity contribution in [3.8, 4) is 0 Å². The molecule has 1 aliphatic rings. The molecule has 29 heavy (non-hydrogen) atoms. The molecule has 1 aromatic carbocycles. The van der Waals surface area contributed by atoms with Crippen molar-refractivity contribution in [1.82, 2.24) is 9.88 Å². The van der Waals surface area contributed by atoms with Crippen molar-refractivity contribution in [2.24, 2.45) is 0 Å². The first-order valence-corrected chi connectivity index (χ1v) is 9.02. The predicted molar refractivity (Wildman–Crippen MR) is 109 cm³/mol. The van der Waals surface area contributed by atoms with Gasteiger partial charge in [-0.05, 0) is 38.0 Å². The van der Waals surface area contributed by atoms with Gasteiger partial charge in [-0.3, -0.25) is 15.0 Å². The Bertz CT molecular complexity index is 958. The van der Waals surface area contributed by atoms with E-state index in [1.54, 1.807) is 18.2 Å². The lowest BCUT2D eigenvalue weighted by Crippen LogP contribution is -2.34. The highest BCUT2D eigenvalue weighted by atomic mass is 16.6. The van der Waals surface area contributed by atoms with Gasteiger partial charge in [-0.15, -0.1) is 0 Å². The van der Waals surface area contributed by atoms with Crippen LogP contribution in [0.25, 0.3) is 16.5 Å². The van der Waals surface area contributed by atoms with E-state index < -0.39 is 11.9 Å². The number of carboxylic acid groups (broad SMARTS) is 2. The molecule has 0 saturated carbocycles. The number of carboxylic acids is 2. The number of nitrogens with one attached hydrogen (secondary N) is 1. The monoisotopic (exact) mass is 401 g/mol. The second-order valence-electron chi connectivity index (χ2n) is 6.79. The summed E-state index contributed by atoms with van der Waals surface area (Å²) in [6.45, 7) is 6.43. The van der Waals surface area contributed by atoms with Gasteiger partial charge in [0.15, 0.2) is 0 Å². The number of rotatable bonds is 5. The Morgan fingerprint density at radius 3 is 2.34 bits per heavy atom. The van der Waals surface area contributed by atoms with Crippen LogP contribution < -0.4 is 0 Å². The van der Waals surface area contributed by atoms with Crippen LogP contribution in [0.3, 0.4) is 0 Å². The molecule has 9 heteroatoms. The molecule has 0 bridgehead atoms. The van der Waals surface area contributed by atoms with Gasteiger partial charge in [0.25, 0.3) is 5.69 Å². The van der Waals surface area contributed by atoms with Crippen LogP contribution in [0.15, 0.2) is 42.5 Å². The van der Waals surface area contributed by atoms with Gasteiger partial charge in [0.2, 0.25) is 0 Å². The van der Waals surface area contributed by atoms with E-state index in [1.807, 2.05) is 0 Å². The molecule has 3 rings (SSSR count). The minimum absolute atomic E-state index is 0.125. The Morgan fingerprint density at radius 2 is 1.86 bits per heavy atom. The minimum atomic E-state index is -1.26. The van der Waals surface area contributed by atoms with Crippen molar-refractivity contribution in [2.75, 3.05) is 13.1 Å². The lowest BCUT2D eigenvalue weighted by molar-refractivity contribution is -0.384. The highest BCUT2D eigenvalue weighted by Gasteiger charge is 2.17. The van der Waals surface area contributed by atoms with Crippen molar-refractivity contribution in [3.63, 3.8) is 0 Å². The zero-order valence-electron chi connectivity index (χ0n) is 16.2. The van der Waals surface area contributed by atoms with E-state index >= 15 is 0 Å². The van der Waals surface area contributed by atoms with E-state index in [-0.39, 0.29) is 10.6 Å². The molecule has 0 radical (unpaired) electrons. The summed E-state index contributed by atoms with van der Waals surface area (Å²) >= 11 is 0. The van der Waals surface area contributed by atoms with Crippen molar-refractivity contribution in [1.29, 1.82) is 0 Å². The number of hydrogen-bond acceptors (Lipinski definition) is 5. The van der Waals surface area contributed by atoms with E-state index in [0.717, 1.165) is 36.1 Å². The molecule has 154 valence electrons. The zero-order chi connectivity index (χ0) is 21.6. The number of aliphatic carboxylic acids is 2. The number of hydrogen-bond donors (Lipinski definition) is 3. The third-order valence-corrected chi connectivity index (χ3v) is 4.50. The molecule has 0 unspecified atom stereocenters. The Labute approximate surface area is 167 Å². The molecule has 0 fully saturated rings. The van der Waals surface area contributed by atoms with E-state index in [0.29, 0.717) is 18.2 Å². The van der Waals surface area contributed by atoms with E-state index in [2.05, 4.69) is 35.9 Å². The van der Waals surface area contributed by atoms with Crippen LogP contribution in [0.4, 0.5) is 5.69 Å². The fourth-order valence-electron chi connectivity index (χ4n) is 2.94. The lowest BCUT2D eigenvalue weighted by atomic mass is 10.0. The maximum Gasteiger partial charge on any atom is 0.328 e. The lowest BCUT2D eigenvalue weighted by Gasteiger charge is -2.29. The summed E-state index contributed by atoms with van der Waals surface area (Å²) in [5.41, 5.74) is 3.32. The first-order chi connectivity index (χ1) is 13.7. The molecule has 1 aromatic heterocycles. The number of aromatic nitrogens is 1. The van der Waals surface area contributed by atoms with Gasteiger partial charge in [0, 0.05) is 54.5 Å². The van der Waals surface area contributed by atoms with Crippen LogP contribution >= 0.6 is 0 Å². The number of nitro groups is 1. The van der Waals surface area contributed by atoms with Gasteiger partial charge in [-0.25, -0.2) is 9.59 Å². The molecule has 0 amide bonds. The fourth-order valence-corrected chi connectivity index (χ4v) is 2.94.